The average molecular weight is 200 g/mol. The van der Waals surface area contributed by atoms with Crippen molar-refractivity contribution >= 4 is 0 Å². The van der Waals surface area contributed by atoms with E-state index in [0.29, 0.717) is 0 Å². The molecule has 0 spiro atoms. The lowest BCUT2D eigenvalue weighted by atomic mass is 9.77. The van der Waals surface area contributed by atoms with Crippen LogP contribution in [0, 0.1) is 12.8 Å². The number of benzene rings is 1. The molecular formula is C15H20. The van der Waals surface area contributed by atoms with Gasteiger partial charge in [-0.3, -0.25) is 0 Å². The van der Waals surface area contributed by atoms with Crippen molar-refractivity contribution in [1.29, 1.82) is 0 Å². The average Bonchev–Trinajstić information content (AvgIpc) is 2.20. The van der Waals surface area contributed by atoms with Gasteiger partial charge in [-0.1, -0.05) is 48.4 Å². The van der Waals surface area contributed by atoms with E-state index < -0.39 is 0 Å². The summed E-state index contributed by atoms with van der Waals surface area (Å²) in [7, 11) is 0. The second-order valence-electron chi connectivity index (χ2n) is 4.98. The maximum Gasteiger partial charge on any atom is -0.00985 e. The highest BCUT2D eigenvalue weighted by atomic mass is 14.3. The Bertz CT molecular complexity index is 356. The highest BCUT2D eigenvalue weighted by Crippen LogP contribution is 2.36. The minimum absolute atomic E-state index is 0.731. The lowest BCUT2D eigenvalue weighted by Gasteiger charge is -2.28. The first-order valence-electron chi connectivity index (χ1n) is 5.89. The van der Waals surface area contributed by atoms with Gasteiger partial charge in [0.2, 0.25) is 0 Å². The van der Waals surface area contributed by atoms with Gasteiger partial charge in [0, 0.05) is 0 Å². The minimum Gasteiger partial charge on any atom is -0.0850 e. The molecular weight excluding hydrogens is 180 g/mol. The van der Waals surface area contributed by atoms with Crippen molar-refractivity contribution in [2.24, 2.45) is 5.92 Å². The molecule has 15 heavy (non-hydrogen) atoms. The van der Waals surface area contributed by atoms with Gasteiger partial charge < -0.3 is 0 Å². The summed E-state index contributed by atoms with van der Waals surface area (Å²) < 4.78 is 0. The van der Waals surface area contributed by atoms with Crippen LogP contribution in [0.25, 0.3) is 0 Å². The molecule has 2 rings (SSSR count). The van der Waals surface area contributed by atoms with Crippen LogP contribution in [0.2, 0.25) is 0 Å². The molecule has 0 aromatic heterocycles. The van der Waals surface area contributed by atoms with Crippen LogP contribution in [0.3, 0.4) is 0 Å². The van der Waals surface area contributed by atoms with Crippen LogP contribution in [-0.4, -0.2) is 0 Å². The van der Waals surface area contributed by atoms with Crippen molar-refractivity contribution in [3.63, 3.8) is 0 Å². The zero-order valence-corrected chi connectivity index (χ0v) is 9.96. The first-order valence-corrected chi connectivity index (χ1v) is 5.89. The molecule has 0 fully saturated rings. The van der Waals surface area contributed by atoms with Gasteiger partial charge in [0.05, 0.1) is 0 Å². The molecule has 0 aliphatic heterocycles. The number of allylic oxidation sites excluding steroid dienone is 2. The summed E-state index contributed by atoms with van der Waals surface area (Å²) in [6.07, 6.45) is 4.89. The molecule has 1 aromatic rings. The van der Waals surface area contributed by atoms with E-state index in [4.69, 9.17) is 0 Å². The SMILES string of the molecule is CC1=CC[C@@H](c2ccc(C)cc2)[C@H](C)C1. The quantitative estimate of drug-likeness (QED) is 0.587. The fourth-order valence-corrected chi connectivity index (χ4v) is 2.57. The summed E-state index contributed by atoms with van der Waals surface area (Å²) in [6, 6.07) is 9.05. The van der Waals surface area contributed by atoms with Crippen LogP contribution < -0.4 is 0 Å². The maximum atomic E-state index is 2.41. The minimum atomic E-state index is 0.731. The molecule has 0 saturated heterocycles. The lowest BCUT2D eigenvalue weighted by Crippen LogP contribution is -2.13. The predicted molar refractivity (Wildman–Crippen MR) is 66.1 cm³/mol. The Balaban J connectivity index is 2.21. The molecule has 0 heteroatoms. The van der Waals surface area contributed by atoms with Crippen LogP contribution in [-0.2, 0) is 0 Å². The fraction of sp³-hybridized carbons (Fsp3) is 0.467. The van der Waals surface area contributed by atoms with E-state index in [1.807, 2.05) is 0 Å². The molecule has 2 atom stereocenters. The molecule has 1 aliphatic rings. The number of aryl methyl sites for hydroxylation is 1. The van der Waals surface area contributed by atoms with Crippen molar-refractivity contribution in [1.82, 2.24) is 0 Å². The van der Waals surface area contributed by atoms with Gasteiger partial charge in [-0.15, -0.1) is 0 Å². The molecule has 80 valence electrons. The summed E-state index contributed by atoms with van der Waals surface area (Å²) in [4.78, 5) is 0. The van der Waals surface area contributed by atoms with Crippen LogP contribution in [0.5, 0.6) is 0 Å². The second-order valence-corrected chi connectivity index (χ2v) is 4.98. The lowest BCUT2D eigenvalue weighted by molar-refractivity contribution is 0.436. The first kappa shape index (κ1) is 10.5. The van der Waals surface area contributed by atoms with Crippen molar-refractivity contribution in [3.05, 3.63) is 47.0 Å². The zero-order chi connectivity index (χ0) is 10.8. The van der Waals surface area contributed by atoms with E-state index in [9.17, 15) is 0 Å². The zero-order valence-electron chi connectivity index (χ0n) is 9.96. The topological polar surface area (TPSA) is 0 Å². The summed E-state index contributed by atoms with van der Waals surface area (Å²) in [5.41, 5.74) is 4.43. The summed E-state index contributed by atoms with van der Waals surface area (Å²) in [6.45, 7) is 6.78. The van der Waals surface area contributed by atoms with Gasteiger partial charge in [-0.05, 0) is 44.1 Å². The van der Waals surface area contributed by atoms with Crippen LogP contribution in [0.4, 0.5) is 0 Å². The third kappa shape index (κ3) is 2.31. The summed E-state index contributed by atoms with van der Waals surface area (Å²) in [5.74, 6) is 1.52. The van der Waals surface area contributed by atoms with Gasteiger partial charge in [-0.2, -0.15) is 0 Å². The van der Waals surface area contributed by atoms with E-state index in [1.54, 1.807) is 5.57 Å². The molecule has 1 aliphatic carbocycles. The number of hydrogen-bond acceptors (Lipinski definition) is 0. The van der Waals surface area contributed by atoms with E-state index >= 15 is 0 Å². The molecule has 0 saturated carbocycles. The highest BCUT2D eigenvalue weighted by Gasteiger charge is 2.21. The Morgan fingerprint density at radius 1 is 1.07 bits per heavy atom. The van der Waals surface area contributed by atoms with E-state index in [0.717, 1.165) is 11.8 Å². The van der Waals surface area contributed by atoms with E-state index in [-0.39, 0.29) is 0 Å². The Labute approximate surface area is 93.0 Å². The Hall–Kier alpha value is -1.04. The van der Waals surface area contributed by atoms with Crippen molar-refractivity contribution < 1.29 is 0 Å². The Kier molecular flexibility index (Phi) is 2.95. The van der Waals surface area contributed by atoms with E-state index in [2.05, 4.69) is 51.1 Å². The number of rotatable bonds is 1. The van der Waals surface area contributed by atoms with Crippen LogP contribution in [0.1, 0.15) is 43.7 Å². The highest BCUT2D eigenvalue weighted by molar-refractivity contribution is 5.27. The van der Waals surface area contributed by atoms with Gasteiger partial charge in [0.1, 0.15) is 0 Å². The third-order valence-corrected chi connectivity index (χ3v) is 3.56. The molecule has 1 aromatic carbocycles. The monoisotopic (exact) mass is 200 g/mol. The van der Waals surface area contributed by atoms with Crippen molar-refractivity contribution in [3.8, 4) is 0 Å². The van der Waals surface area contributed by atoms with Gasteiger partial charge in [-0.25, -0.2) is 0 Å². The van der Waals surface area contributed by atoms with Gasteiger partial charge in [0.15, 0.2) is 0 Å². The first-order chi connectivity index (χ1) is 7.16. The van der Waals surface area contributed by atoms with Crippen LogP contribution in [0.15, 0.2) is 35.9 Å². The molecule has 0 radical (unpaired) electrons. The smallest absolute Gasteiger partial charge is 0.00985 e. The van der Waals surface area contributed by atoms with Crippen molar-refractivity contribution in [2.45, 2.75) is 39.5 Å². The molecule has 0 N–H and O–H groups in total. The molecule has 0 nitrogen and oxygen atoms in total. The van der Waals surface area contributed by atoms with Crippen molar-refractivity contribution in [2.75, 3.05) is 0 Å². The largest absolute Gasteiger partial charge is 0.0850 e. The third-order valence-electron chi connectivity index (χ3n) is 3.56. The Morgan fingerprint density at radius 2 is 1.73 bits per heavy atom. The molecule has 0 heterocycles. The summed E-state index contributed by atoms with van der Waals surface area (Å²) in [5, 5.41) is 0. The maximum absolute atomic E-state index is 2.41. The van der Waals surface area contributed by atoms with Gasteiger partial charge >= 0.3 is 0 Å². The second kappa shape index (κ2) is 4.22. The normalized spacial score (nSPS) is 26.2. The number of hydrogen-bond donors (Lipinski definition) is 0. The van der Waals surface area contributed by atoms with E-state index in [1.165, 1.54) is 24.0 Å². The molecule has 0 bridgehead atoms. The summed E-state index contributed by atoms with van der Waals surface area (Å²) >= 11 is 0. The molecule has 0 amide bonds. The van der Waals surface area contributed by atoms with Gasteiger partial charge in [0.25, 0.3) is 0 Å². The predicted octanol–water partition coefficient (Wildman–Crippen LogP) is 4.45. The standard InChI is InChI=1S/C15H20/c1-11-4-7-14(8-5-11)15-9-6-12(2)10-13(15)3/h4-8,13,15H,9-10H2,1-3H3/t13-,15-/m1/s1. The Morgan fingerprint density at radius 3 is 2.33 bits per heavy atom. The van der Waals surface area contributed by atoms with Crippen LogP contribution >= 0.6 is 0 Å². The molecule has 0 unspecified atom stereocenters. The fourth-order valence-electron chi connectivity index (χ4n) is 2.57.